The van der Waals surface area contributed by atoms with E-state index in [1.807, 2.05) is 6.92 Å². The van der Waals surface area contributed by atoms with Gasteiger partial charge in [-0.3, -0.25) is 9.59 Å². The zero-order valence-electron chi connectivity index (χ0n) is 15.0. The Hall–Kier alpha value is -2.42. The van der Waals surface area contributed by atoms with Gasteiger partial charge in [-0.1, -0.05) is 0 Å². The number of thioether (sulfide) groups is 1. The largest absolute Gasteiger partial charge is 0.454 e. The molecule has 8 nitrogen and oxygen atoms in total. The van der Waals surface area contributed by atoms with Crippen LogP contribution in [0, 0.1) is 0 Å². The topological polar surface area (TPSA) is 94.2 Å². The van der Waals surface area contributed by atoms with E-state index in [0.717, 1.165) is 6.42 Å². The molecule has 9 heteroatoms. The zero-order valence-corrected chi connectivity index (χ0v) is 15.8. The van der Waals surface area contributed by atoms with Crippen LogP contribution in [0.1, 0.15) is 26.7 Å². The van der Waals surface area contributed by atoms with Crippen LogP contribution < -0.4 is 14.8 Å². The highest BCUT2D eigenvalue weighted by molar-refractivity contribution is 8.01. The summed E-state index contributed by atoms with van der Waals surface area (Å²) in [6.45, 7) is 3.62. The minimum absolute atomic E-state index is 0.0399. The van der Waals surface area contributed by atoms with Gasteiger partial charge in [-0.05, 0) is 32.4 Å². The summed E-state index contributed by atoms with van der Waals surface area (Å²) in [4.78, 5) is 38.3. The minimum atomic E-state index is -0.988. The third kappa shape index (κ3) is 3.20. The van der Waals surface area contributed by atoms with E-state index in [9.17, 15) is 14.4 Å². The predicted molar refractivity (Wildman–Crippen MR) is 97.5 cm³/mol. The van der Waals surface area contributed by atoms with E-state index in [4.69, 9.17) is 14.2 Å². The van der Waals surface area contributed by atoms with Gasteiger partial charge in [0.05, 0.1) is 4.87 Å². The molecule has 1 N–H and O–H groups in total. The van der Waals surface area contributed by atoms with Gasteiger partial charge in [-0.15, -0.1) is 11.8 Å². The summed E-state index contributed by atoms with van der Waals surface area (Å²) in [5, 5.41) is 2.69. The lowest BCUT2D eigenvalue weighted by atomic mass is 10.2. The number of benzene rings is 1. The molecule has 0 aliphatic carbocycles. The van der Waals surface area contributed by atoms with Crippen LogP contribution in [-0.4, -0.2) is 52.2 Å². The molecule has 0 unspecified atom stereocenters. The van der Waals surface area contributed by atoms with Crippen LogP contribution in [0.15, 0.2) is 18.2 Å². The van der Waals surface area contributed by atoms with Crippen molar-refractivity contribution in [3.63, 3.8) is 0 Å². The molecule has 0 spiro atoms. The summed E-state index contributed by atoms with van der Waals surface area (Å²) in [6, 6.07) is 4.39. The van der Waals surface area contributed by atoms with E-state index in [0.29, 0.717) is 29.4 Å². The maximum atomic E-state index is 12.6. The second-order valence-corrected chi connectivity index (χ2v) is 8.40. The van der Waals surface area contributed by atoms with Gasteiger partial charge in [0, 0.05) is 23.9 Å². The maximum absolute atomic E-state index is 12.6. The number of carbonyl (C=O) groups excluding carboxylic acids is 3. The molecular weight excluding hydrogens is 372 g/mol. The normalized spacial score (nSPS) is 26.7. The fourth-order valence-electron chi connectivity index (χ4n) is 3.52. The third-order valence-electron chi connectivity index (χ3n) is 5.02. The van der Waals surface area contributed by atoms with Gasteiger partial charge in [-0.25, -0.2) is 4.79 Å². The molecule has 3 atom stereocenters. The minimum Gasteiger partial charge on any atom is -0.454 e. The van der Waals surface area contributed by atoms with Gasteiger partial charge >= 0.3 is 5.97 Å². The Bertz CT molecular complexity index is 815. The molecule has 144 valence electrons. The standard InChI is InChI=1S/C18H20N2O6S/c1-10(16(22)19-11-3-4-13-14(7-11)25-9-24-13)26-17(23)12-8-27-18(2)6-5-15(21)20(12)18/h3-4,7,10,12H,5-6,8-9H2,1-2H3,(H,19,22)/t10-,12-,18+/m1/s1. The van der Waals surface area contributed by atoms with E-state index >= 15 is 0 Å². The molecule has 1 aromatic carbocycles. The number of rotatable bonds is 4. The van der Waals surface area contributed by atoms with Gasteiger partial charge in [0.2, 0.25) is 12.7 Å². The molecule has 2 fully saturated rings. The summed E-state index contributed by atoms with van der Waals surface area (Å²) in [7, 11) is 0. The zero-order chi connectivity index (χ0) is 19.2. The van der Waals surface area contributed by atoms with E-state index in [1.54, 1.807) is 34.9 Å². The van der Waals surface area contributed by atoms with Crippen LogP contribution in [0.3, 0.4) is 0 Å². The first kappa shape index (κ1) is 18.0. The molecule has 0 bridgehead atoms. The number of nitrogens with one attached hydrogen (secondary N) is 1. The number of nitrogens with zero attached hydrogens (tertiary/aromatic N) is 1. The van der Waals surface area contributed by atoms with Gasteiger partial charge in [0.25, 0.3) is 5.91 Å². The Labute approximate surface area is 160 Å². The highest BCUT2D eigenvalue weighted by Gasteiger charge is 2.53. The summed E-state index contributed by atoms with van der Waals surface area (Å²) < 4.78 is 15.9. The van der Waals surface area contributed by atoms with Crippen LogP contribution in [0.4, 0.5) is 5.69 Å². The lowest BCUT2D eigenvalue weighted by Crippen LogP contribution is -2.48. The van der Waals surface area contributed by atoms with Crippen molar-refractivity contribution >= 4 is 35.2 Å². The number of anilines is 1. The molecule has 2 saturated heterocycles. The molecule has 0 aromatic heterocycles. The lowest BCUT2D eigenvalue weighted by molar-refractivity contribution is -0.160. The van der Waals surface area contributed by atoms with Crippen LogP contribution in [0.25, 0.3) is 0 Å². The second-order valence-electron chi connectivity index (χ2n) is 6.90. The van der Waals surface area contributed by atoms with Crippen molar-refractivity contribution in [3.05, 3.63) is 18.2 Å². The second kappa shape index (κ2) is 6.63. The third-order valence-corrected chi connectivity index (χ3v) is 6.52. The fourth-order valence-corrected chi connectivity index (χ4v) is 4.94. The van der Waals surface area contributed by atoms with Crippen molar-refractivity contribution in [2.45, 2.75) is 43.7 Å². The van der Waals surface area contributed by atoms with Crippen LogP contribution >= 0.6 is 11.8 Å². The molecule has 4 rings (SSSR count). The highest BCUT2D eigenvalue weighted by Crippen LogP contribution is 2.47. The molecule has 0 radical (unpaired) electrons. The van der Waals surface area contributed by atoms with Crippen molar-refractivity contribution in [3.8, 4) is 11.5 Å². The number of carbonyl (C=O) groups is 3. The Morgan fingerprint density at radius 1 is 1.37 bits per heavy atom. The van der Waals surface area contributed by atoms with Gasteiger partial charge in [0.15, 0.2) is 17.6 Å². The Morgan fingerprint density at radius 2 is 2.15 bits per heavy atom. The smallest absolute Gasteiger partial charge is 0.330 e. The first-order valence-corrected chi connectivity index (χ1v) is 9.73. The van der Waals surface area contributed by atoms with Gasteiger partial charge in [0.1, 0.15) is 6.04 Å². The summed E-state index contributed by atoms with van der Waals surface area (Å²) in [5.74, 6) is 0.606. The van der Waals surface area contributed by atoms with Crippen molar-refractivity contribution in [1.29, 1.82) is 0 Å². The molecule has 27 heavy (non-hydrogen) atoms. The average molecular weight is 392 g/mol. The van der Waals surface area contributed by atoms with Crippen molar-refractivity contribution < 1.29 is 28.6 Å². The van der Waals surface area contributed by atoms with Crippen molar-refractivity contribution in [1.82, 2.24) is 4.90 Å². The first-order valence-electron chi connectivity index (χ1n) is 8.74. The van der Waals surface area contributed by atoms with Gasteiger partial charge in [-0.2, -0.15) is 0 Å². The monoisotopic (exact) mass is 392 g/mol. The first-order chi connectivity index (χ1) is 12.9. The highest BCUT2D eigenvalue weighted by atomic mass is 32.2. The molecule has 3 aliphatic heterocycles. The number of amides is 2. The number of hydrogen-bond acceptors (Lipinski definition) is 7. The van der Waals surface area contributed by atoms with E-state index in [-0.39, 0.29) is 17.6 Å². The van der Waals surface area contributed by atoms with Crippen LogP contribution in [0.2, 0.25) is 0 Å². The van der Waals surface area contributed by atoms with Crippen LogP contribution in [-0.2, 0) is 19.1 Å². The molecule has 0 saturated carbocycles. The number of ether oxygens (including phenoxy) is 3. The molecule has 3 aliphatic rings. The van der Waals surface area contributed by atoms with E-state index in [2.05, 4.69) is 5.32 Å². The number of esters is 1. The van der Waals surface area contributed by atoms with Crippen molar-refractivity contribution in [2.24, 2.45) is 0 Å². The molecule has 2 amide bonds. The van der Waals surface area contributed by atoms with Crippen molar-refractivity contribution in [2.75, 3.05) is 17.9 Å². The van der Waals surface area contributed by atoms with Gasteiger partial charge < -0.3 is 24.4 Å². The Morgan fingerprint density at radius 3 is 2.96 bits per heavy atom. The molecular formula is C18H20N2O6S. The Kier molecular flexibility index (Phi) is 4.41. The van der Waals surface area contributed by atoms with E-state index < -0.39 is 24.0 Å². The fraction of sp³-hybridized carbons (Fsp3) is 0.500. The number of fused-ring (bicyclic) bond motifs is 2. The summed E-state index contributed by atoms with van der Waals surface area (Å²) in [6.07, 6.45) is 0.172. The summed E-state index contributed by atoms with van der Waals surface area (Å²) in [5.41, 5.74) is 0.519. The number of hydrogen-bond donors (Lipinski definition) is 1. The van der Waals surface area contributed by atoms with Crippen LogP contribution in [0.5, 0.6) is 11.5 Å². The predicted octanol–water partition coefficient (Wildman–Crippen LogP) is 1.74. The maximum Gasteiger partial charge on any atom is 0.330 e. The Balaban J connectivity index is 1.37. The summed E-state index contributed by atoms with van der Waals surface area (Å²) >= 11 is 1.58. The SMILES string of the molecule is C[C@@H](OC(=O)[C@H]1CS[C@@]2(C)CCC(=O)N12)C(=O)Nc1ccc2c(c1)OCO2. The molecule has 3 heterocycles. The average Bonchev–Trinajstić information content (AvgIpc) is 3.30. The lowest BCUT2D eigenvalue weighted by Gasteiger charge is -2.29. The quantitative estimate of drug-likeness (QED) is 0.780. The van der Waals surface area contributed by atoms with E-state index in [1.165, 1.54) is 6.92 Å². The molecule has 1 aromatic rings.